The van der Waals surface area contributed by atoms with Gasteiger partial charge in [-0.3, -0.25) is 9.59 Å². The second kappa shape index (κ2) is 13.1. The monoisotopic (exact) mass is 570 g/mol. The highest BCUT2D eigenvalue weighted by Gasteiger charge is 2.32. The lowest BCUT2D eigenvalue weighted by Gasteiger charge is -2.34. The molecule has 0 aliphatic carbocycles. The van der Waals surface area contributed by atoms with Gasteiger partial charge in [-0.05, 0) is 50.1 Å². The van der Waals surface area contributed by atoms with Crippen LogP contribution >= 0.6 is 27.7 Å². The minimum atomic E-state index is -0.785. The third kappa shape index (κ3) is 8.79. The van der Waals surface area contributed by atoms with Crippen molar-refractivity contribution in [2.75, 3.05) is 5.75 Å². The summed E-state index contributed by atoms with van der Waals surface area (Å²) in [6, 6.07) is 23.2. The minimum Gasteiger partial charge on any atom is -0.350 e. The number of nitrogens with zero attached hydrogens (tertiary/aromatic N) is 1. The maximum Gasteiger partial charge on any atom is 0.243 e. The van der Waals surface area contributed by atoms with Crippen LogP contribution in [0.15, 0.2) is 83.3 Å². The lowest BCUT2D eigenvalue weighted by atomic mass is 10.0. The zero-order valence-electron chi connectivity index (χ0n) is 20.8. The molecule has 0 heterocycles. The van der Waals surface area contributed by atoms with Crippen LogP contribution in [0.3, 0.4) is 0 Å². The number of thioether (sulfide) groups is 1. The molecule has 0 saturated heterocycles. The van der Waals surface area contributed by atoms with E-state index in [1.165, 1.54) is 22.7 Å². The van der Waals surface area contributed by atoms with E-state index in [2.05, 4.69) is 21.2 Å². The van der Waals surface area contributed by atoms with Gasteiger partial charge in [-0.1, -0.05) is 76.6 Å². The van der Waals surface area contributed by atoms with E-state index in [9.17, 15) is 14.0 Å². The van der Waals surface area contributed by atoms with E-state index in [1.807, 2.05) is 75.4 Å². The van der Waals surface area contributed by atoms with E-state index in [0.29, 0.717) is 17.7 Å². The quantitative estimate of drug-likeness (QED) is 0.308. The zero-order valence-corrected chi connectivity index (χ0v) is 23.2. The molecule has 190 valence electrons. The van der Waals surface area contributed by atoms with Gasteiger partial charge in [0.15, 0.2) is 0 Å². The maximum absolute atomic E-state index is 14.6. The van der Waals surface area contributed by atoms with Crippen molar-refractivity contribution in [1.82, 2.24) is 10.2 Å². The predicted octanol–water partition coefficient (Wildman–Crippen LogP) is 6.38. The number of carbonyl (C=O) groups excluding carboxylic acids is 2. The van der Waals surface area contributed by atoms with Crippen molar-refractivity contribution in [3.05, 3.63) is 106 Å². The van der Waals surface area contributed by atoms with Gasteiger partial charge in [0.25, 0.3) is 0 Å². The van der Waals surface area contributed by atoms with Gasteiger partial charge >= 0.3 is 0 Å². The Morgan fingerprint density at radius 1 is 0.944 bits per heavy atom. The summed E-state index contributed by atoms with van der Waals surface area (Å²) in [6.45, 7) is 5.73. The largest absolute Gasteiger partial charge is 0.350 e. The zero-order chi connectivity index (χ0) is 26.1. The van der Waals surface area contributed by atoms with Crippen LogP contribution in [0.4, 0.5) is 4.39 Å². The summed E-state index contributed by atoms with van der Waals surface area (Å²) in [5, 5.41) is 3.02. The molecule has 0 radical (unpaired) electrons. The Bertz CT molecular complexity index is 1150. The Labute approximate surface area is 225 Å². The number of benzene rings is 3. The van der Waals surface area contributed by atoms with E-state index in [1.54, 1.807) is 18.2 Å². The standard InChI is InChI=1S/C29H32BrFN2O2S/c1-29(2,3)32-28(35)26(17-21-9-5-4-6-10-21)33(18-23-11-7-8-12-25(23)31)27(34)20-36-19-22-13-15-24(30)16-14-22/h4-16,26H,17-20H2,1-3H3,(H,32,35). The fraction of sp³-hybridized carbons (Fsp3) is 0.310. The van der Waals surface area contributed by atoms with Crippen LogP contribution in [0.5, 0.6) is 0 Å². The Morgan fingerprint density at radius 2 is 1.58 bits per heavy atom. The molecular weight excluding hydrogens is 539 g/mol. The summed E-state index contributed by atoms with van der Waals surface area (Å²) in [5.74, 6) is -0.0188. The van der Waals surface area contributed by atoms with Crippen LogP contribution in [0.1, 0.15) is 37.5 Å². The predicted molar refractivity (Wildman–Crippen MR) is 149 cm³/mol. The molecule has 3 aromatic rings. The lowest BCUT2D eigenvalue weighted by Crippen LogP contribution is -2.54. The SMILES string of the molecule is CC(C)(C)NC(=O)C(Cc1ccccc1)N(Cc1ccccc1F)C(=O)CSCc1ccc(Br)cc1. The lowest BCUT2D eigenvalue weighted by molar-refractivity contribution is -0.140. The maximum atomic E-state index is 14.6. The molecule has 0 aromatic heterocycles. The summed E-state index contributed by atoms with van der Waals surface area (Å²) in [7, 11) is 0. The van der Waals surface area contributed by atoms with Crippen LogP contribution < -0.4 is 5.32 Å². The van der Waals surface area contributed by atoms with Gasteiger partial charge in [-0.25, -0.2) is 4.39 Å². The van der Waals surface area contributed by atoms with Gasteiger partial charge in [0, 0.05) is 34.3 Å². The summed E-state index contributed by atoms with van der Waals surface area (Å²) >= 11 is 4.91. The van der Waals surface area contributed by atoms with E-state index in [0.717, 1.165) is 15.6 Å². The number of nitrogens with one attached hydrogen (secondary N) is 1. The van der Waals surface area contributed by atoms with Gasteiger partial charge in [-0.15, -0.1) is 11.8 Å². The molecule has 0 fully saturated rings. The van der Waals surface area contributed by atoms with Gasteiger partial charge < -0.3 is 10.2 Å². The number of rotatable bonds is 10. The topological polar surface area (TPSA) is 49.4 Å². The average Bonchev–Trinajstić information content (AvgIpc) is 2.83. The average molecular weight is 572 g/mol. The van der Waals surface area contributed by atoms with E-state index < -0.39 is 17.4 Å². The van der Waals surface area contributed by atoms with Gasteiger partial charge in [0.05, 0.1) is 5.75 Å². The Kier molecular flexibility index (Phi) is 10.1. The summed E-state index contributed by atoms with van der Waals surface area (Å²) in [6.07, 6.45) is 0.334. The van der Waals surface area contributed by atoms with Crippen LogP contribution in [-0.2, 0) is 28.3 Å². The fourth-order valence-electron chi connectivity index (χ4n) is 3.74. The Balaban J connectivity index is 1.87. The second-order valence-corrected chi connectivity index (χ2v) is 11.6. The highest BCUT2D eigenvalue weighted by molar-refractivity contribution is 9.10. The van der Waals surface area contributed by atoms with E-state index in [4.69, 9.17) is 0 Å². The van der Waals surface area contributed by atoms with Crippen LogP contribution in [0.2, 0.25) is 0 Å². The molecule has 1 unspecified atom stereocenters. The van der Waals surface area contributed by atoms with Crippen molar-refractivity contribution in [3.8, 4) is 0 Å². The third-order valence-corrected chi connectivity index (χ3v) is 6.99. The highest BCUT2D eigenvalue weighted by Crippen LogP contribution is 2.21. The van der Waals surface area contributed by atoms with Crippen molar-refractivity contribution in [1.29, 1.82) is 0 Å². The molecule has 1 atom stereocenters. The molecule has 0 aliphatic heterocycles. The number of halogens is 2. The smallest absolute Gasteiger partial charge is 0.243 e. The summed E-state index contributed by atoms with van der Waals surface area (Å²) in [5.41, 5.74) is 1.93. The summed E-state index contributed by atoms with van der Waals surface area (Å²) in [4.78, 5) is 28.6. The molecule has 0 aliphatic rings. The molecule has 2 amide bonds. The minimum absolute atomic E-state index is 0.0133. The summed E-state index contributed by atoms with van der Waals surface area (Å²) < 4.78 is 15.6. The Hall–Kier alpha value is -2.64. The molecule has 7 heteroatoms. The van der Waals surface area contributed by atoms with Crippen molar-refractivity contribution in [2.45, 2.75) is 51.1 Å². The first-order valence-electron chi connectivity index (χ1n) is 11.8. The first kappa shape index (κ1) is 27.9. The van der Waals surface area contributed by atoms with Crippen molar-refractivity contribution < 1.29 is 14.0 Å². The van der Waals surface area contributed by atoms with Crippen LogP contribution in [-0.4, -0.2) is 34.0 Å². The molecule has 3 rings (SSSR count). The normalized spacial score (nSPS) is 12.1. The first-order valence-corrected chi connectivity index (χ1v) is 13.8. The second-order valence-electron chi connectivity index (χ2n) is 9.68. The van der Waals surface area contributed by atoms with Crippen LogP contribution in [0, 0.1) is 5.82 Å². The molecule has 1 N–H and O–H groups in total. The molecule has 36 heavy (non-hydrogen) atoms. The van der Waals surface area contributed by atoms with Gasteiger partial charge in [-0.2, -0.15) is 0 Å². The number of hydrogen-bond acceptors (Lipinski definition) is 3. The highest BCUT2D eigenvalue weighted by atomic mass is 79.9. The third-order valence-electron chi connectivity index (χ3n) is 5.48. The van der Waals surface area contributed by atoms with E-state index in [-0.39, 0.29) is 24.1 Å². The molecule has 0 spiro atoms. The Morgan fingerprint density at radius 3 is 2.22 bits per heavy atom. The first-order chi connectivity index (χ1) is 17.1. The van der Waals surface area contributed by atoms with Crippen molar-refractivity contribution in [2.24, 2.45) is 0 Å². The van der Waals surface area contributed by atoms with Gasteiger partial charge in [0.1, 0.15) is 11.9 Å². The molecule has 3 aromatic carbocycles. The molecular formula is C29H32BrFN2O2S. The van der Waals surface area contributed by atoms with Crippen molar-refractivity contribution in [3.63, 3.8) is 0 Å². The number of amides is 2. The molecule has 0 saturated carbocycles. The van der Waals surface area contributed by atoms with E-state index >= 15 is 0 Å². The molecule has 0 bridgehead atoms. The fourth-order valence-corrected chi connectivity index (χ4v) is 4.87. The molecule has 4 nitrogen and oxygen atoms in total. The number of hydrogen-bond donors (Lipinski definition) is 1. The number of carbonyl (C=O) groups is 2. The van der Waals surface area contributed by atoms with Crippen LogP contribution in [0.25, 0.3) is 0 Å². The van der Waals surface area contributed by atoms with Crippen molar-refractivity contribution >= 4 is 39.5 Å². The van der Waals surface area contributed by atoms with Gasteiger partial charge in [0.2, 0.25) is 11.8 Å².